The molecule has 0 N–H and O–H groups in total. The molecule has 158 valence electrons. The van der Waals surface area contributed by atoms with E-state index in [4.69, 9.17) is 32.9 Å². The molecule has 4 rings (SSSR count). The number of aromatic nitrogens is 1. The summed E-state index contributed by atoms with van der Waals surface area (Å²) in [6.07, 6.45) is 0.905. The lowest BCUT2D eigenvalue weighted by molar-refractivity contribution is 0.340. The molecule has 1 heterocycles. The van der Waals surface area contributed by atoms with Crippen LogP contribution in [-0.2, 0) is 13.0 Å². The van der Waals surface area contributed by atoms with E-state index in [2.05, 4.69) is 34.2 Å². The zero-order valence-corrected chi connectivity index (χ0v) is 19.4. The number of halogens is 2. The van der Waals surface area contributed by atoms with Crippen molar-refractivity contribution in [1.82, 2.24) is 4.57 Å². The van der Waals surface area contributed by atoms with Gasteiger partial charge in [0.25, 0.3) is 0 Å². The first-order valence-corrected chi connectivity index (χ1v) is 11.7. The van der Waals surface area contributed by atoms with E-state index < -0.39 is 0 Å². The first-order chi connectivity index (χ1) is 15.1. The van der Waals surface area contributed by atoms with Gasteiger partial charge in [0.15, 0.2) is 4.80 Å². The van der Waals surface area contributed by atoms with Gasteiger partial charge in [-0.05, 0) is 55.3 Å². The Bertz CT molecular complexity index is 1210. The Labute approximate surface area is 196 Å². The smallest absolute Gasteiger partial charge is 0.190 e. The van der Waals surface area contributed by atoms with Crippen molar-refractivity contribution in [1.29, 1.82) is 0 Å². The van der Waals surface area contributed by atoms with E-state index in [1.54, 1.807) is 11.3 Å². The summed E-state index contributed by atoms with van der Waals surface area (Å²) in [7, 11) is 0. The molecular formula is C25H22Cl2N2OS. The molecule has 0 bridgehead atoms. The third-order valence-electron chi connectivity index (χ3n) is 4.85. The fourth-order valence-electron chi connectivity index (χ4n) is 3.30. The number of ether oxygens (including phenoxy) is 1. The average molecular weight is 469 g/mol. The molecule has 0 spiro atoms. The Hall–Kier alpha value is -2.53. The van der Waals surface area contributed by atoms with Crippen molar-refractivity contribution in [3.8, 4) is 17.0 Å². The molecule has 0 atom stereocenters. The lowest BCUT2D eigenvalue weighted by Crippen LogP contribution is -2.17. The van der Waals surface area contributed by atoms with E-state index in [0.717, 1.165) is 40.5 Å². The third kappa shape index (κ3) is 5.40. The monoisotopic (exact) mass is 468 g/mol. The highest BCUT2D eigenvalue weighted by Crippen LogP contribution is 2.29. The normalized spacial score (nSPS) is 11.6. The van der Waals surface area contributed by atoms with E-state index in [1.165, 1.54) is 5.56 Å². The van der Waals surface area contributed by atoms with Crippen LogP contribution in [0.1, 0.15) is 12.5 Å². The van der Waals surface area contributed by atoms with Crippen LogP contribution in [0.4, 0.5) is 5.69 Å². The van der Waals surface area contributed by atoms with E-state index in [1.807, 2.05) is 55.5 Å². The van der Waals surface area contributed by atoms with Gasteiger partial charge >= 0.3 is 0 Å². The van der Waals surface area contributed by atoms with Gasteiger partial charge in [-0.3, -0.25) is 0 Å². The second-order valence-electron chi connectivity index (χ2n) is 6.96. The summed E-state index contributed by atoms with van der Waals surface area (Å²) in [5, 5.41) is 3.22. The van der Waals surface area contributed by atoms with Gasteiger partial charge < -0.3 is 9.30 Å². The average Bonchev–Trinajstić information content (AvgIpc) is 3.19. The van der Waals surface area contributed by atoms with E-state index in [0.29, 0.717) is 16.7 Å². The van der Waals surface area contributed by atoms with E-state index in [-0.39, 0.29) is 0 Å². The van der Waals surface area contributed by atoms with Crippen molar-refractivity contribution in [2.24, 2.45) is 4.99 Å². The summed E-state index contributed by atoms with van der Waals surface area (Å²) >= 11 is 14.0. The van der Waals surface area contributed by atoms with Gasteiger partial charge in [0.05, 0.1) is 28.0 Å². The van der Waals surface area contributed by atoms with Crippen LogP contribution in [0.5, 0.6) is 5.75 Å². The largest absolute Gasteiger partial charge is 0.494 e. The summed E-state index contributed by atoms with van der Waals surface area (Å²) < 4.78 is 7.78. The number of hydrogen-bond acceptors (Lipinski definition) is 3. The quantitative estimate of drug-likeness (QED) is 0.277. The molecule has 31 heavy (non-hydrogen) atoms. The maximum absolute atomic E-state index is 6.29. The zero-order valence-electron chi connectivity index (χ0n) is 17.1. The molecule has 0 fully saturated rings. The molecule has 1 aromatic heterocycles. The van der Waals surface area contributed by atoms with Crippen molar-refractivity contribution in [3.05, 3.63) is 98.6 Å². The minimum Gasteiger partial charge on any atom is -0.494 e. The fourth-order valence-corrected chi connectivity index (χ4v) is 4.55. The number of thiazole rings is 1. The standard InChI is InChI=1S/C25H22Cl2N2OS/c1-2-30-21-11-9-20(10-12-21)28-25-29(15-14-18-6-4-3-5-7-18)24(17-31-25)19-8-13-22(26)23(27)16-19/h3-13,16-17H,2,14-15H2,1H3. The van der Waals surface area contributed by atoms with Crippen LogP contribution in [0.2, 0.25) is 10.0 Å². The molecule has 4 aromatic rings. The van der Waals surface area contributed by atoms with Gasteiger partial charge in [-0.2, -0.15) is 0 Å². The van der Waals surface area contributed by atoms with Crippen LogP contribution in [0.15, 0.2) is 83.2 Å². The van der Waals surface area contributed by atoms with Crippen molar-refractivity contribution in [3.63, 3.8) is 0 Å². The van der Waals surface area contributed by atoms with Gasteiger partial charge in [0.2, 0.25) is 0 Å². The Balaban J connectivity index is 1.73. The minimum atomic E-state index is 0.546. The number of nitrogens with zero attached hydrogens (tertiary/aromatic N) is 2. The highest BCUT2D eigenvalue weighted by atomic mass is 35.5. The summed E-state index contributed by atoms with van der Waals surface area (Å²) in [4.78, 5) is 5.84. The first-order valence-electron chi connectivity index (χ1n) is 10.1. The van der Waals surface area contributed by atoms with Crippen molar-refractivity contribution >= 4 is 40.2 Å². The summed E-state index contributed by atoms with van der Waals surface area (Å²) in [5.41, 5.74) is 4.27. The molecular weight excluding hydrogens is 447 g/mol. The molecule has 0 saturated carbocycles. The molecule has 0 aliphatic rings. The van der Waals surface area contributed by atoms with Crippen LogP contribution in [0.25, 0.3) is 11.3 Å². The van der Waals surface area contributed by atoms with Crippen LogP contribution in [0.3, 0.4) is 0 Å². The van der Waals surface area contributed by atoms with Crippen LogP contribution >= 0.6 is 34.5 Å². The van der Waals surface area contributed by atoms with Gasteiger partial charge in [-0.25, -0.2) is 4.99 Å². The predicted molar refractivity (Wildman–Crippen MR) is 131 cm³/mol. The summed E-state index contributed by atoms with van der Waals surface area (Å²) in [6.45, 7) is 3.43. The molecule has 0 amide bonds. The molecule has 0 saturated heterocycles. The van der Waals surface area contributed by atoms with Crippen molar-refractivity contribution < 1.29 is 4.74 Å². The van der Waals surface area contributed by atoms with Gasteiger partial charge in [-0.1, -0.05) is 59.6 Å². The molecule has 0 aliphatic heterocycles. The van der Waals surface area contributed by atoms with E-state index >= 15 is 0 Å². The maximum atomic E-state index is 6.29. The Morgan fingerprint density at radius 2 is 1.71 bits per heavy atom. The van der Waals surface area contributed by atoms with Crippen LogP contribution in [-0.4, -0.2) is 11.2 Å². The number of rotatable bonds is 7. The molecule has 3 aromatic carbocycles. The van der Waals surface area contributed by atoms with E-state index in [9.17, 15) is 0 Å². The lowest BCUT2D eigenvalue weighted by Gasteiger charge is -2.10. The minimum absolute atomic E-state index is 0.546. The Morgan fingerprint density at radius 1 is 0.935 bits per heavy atom. The highest BCUT2D eigenvalue weighted by Gasteiger charge is 2.10. The second-order valence-corrected chi connectivity index (χ2v) is 8.61. The number of hydrogen-bond donors (Lipinski definition) is 0. The van der Waals surface area contributed by atoms with Gasteiger partial charge in [0.1, 0.15) is 5.75 Å². The van der Waals surface area contributed by atoms with Crippen LogP contribution < -0.4 is 9.54 Å². The topological polar surface area (TPSA) is 26.5 Å². The van der Waals surface area contributed by atoms with Crippen molar-refractivity contribution in [2.45, 2.75) is 19.9 Å². The predicted octanol–water partition coefficient (Wildman–Crippen LogP) is 7.40. The summed E-state index contributed by atoms with van der Waals surface area (Å²) in [6, 6.07) is 24.1. The highest BCUT2D eigenvalue weighted by molar-refractivity contribution is 7.07. The van der Waals surface area contributed by atoms with Gasteiger partial charge in [-0.15, -0.1) is 11.3 Å². The zero-order chi connectivity index (χ0) is 21.6. The second kappa shape index (κ2) is 10.2. The summed E-state index contributed by atoms with van der Waals surface area (Å²) in [5.74, 6) is 0.848. The van der Waals surface area contributed by atoms with Crippen molar-refractivity contribution in [2.75, 3.05) is 6.61 Å². The first kappa shape index (κ1) is 21.7. The van der Waals surface area contributed by atoms with Gasteiger partial charge in [0, 0.05) is 17.5 Å². The number of aryl methyl sites for hydroxylation is 1. The van der Waals surface area contributed by atoms with Crippen LogP contribution in [0, 0.1) is 0 Å². The fraction of sp³-hybridized carbons (Fsp3) is 0.160. The maximum Gasteiger partial charge on any atom is 0.190 e. The molecule has 3 nitrogen and oxygen atoms in total. The SMILES string of the molecule is CCOc1ccc(N=c2scc(-c3ccc(Cl)c(Cl)c3)n2CCc2ccccc2)cc1. The molecule has 0 aliphatic carbocycles. The molecule has 6 heteroatoms. The third-order valence-corrected chi connectivity index (χ3v) is 6.46. The number of benzene rings is 3. The Morgan fingerprint density at radius 3 is 2.42 bits per heavy atom. The molecule has 0 radical (unpaired) electrons. The Kier molecular flexibility index (Phi) is 7.13. The molecule has 0 unspecified atom stereocenters. The lowest BCUT2D eigenvalue weighted by atomic mass is 10.1.